The maximum absolute atomic E-state index is 11.2. The van der Waals surface area contributed by atoms with Crippen molar-refractivity contribution < 1.29 is 34.4 Å². The Labute approximate surface area is 181 Å². The molecular formula is C23H41O7-. The van der Waals surface area contributed by atoms with Gasteiger partial charge >= 0.3 is 0 Å². The lowest BCUT2D eigenvalue weighted by Gasteiger charge is -2.36. The summed E-state index contributed by atoms with van der Waals surface area (Å²) in [5.74, 6) is -1.51. The van der Waals surface area contributed by atoms with E-state index >= 15 is 0 Å². The zero-order valence-corrected chi connectivity index (χ0v) is 18.7. The molecule has 0 spiro atoms. The molecule has 0 aromatic heterocycles. The third kappa shape index (κ3) is 12.6. The van der Waals surface area contributed by atoms with E-state index < -0.39 is 30.9 Å². The zero-order valence-electron chi connectivity index (χ0n) is 18.7. The molecule has 0 radical (unpaired) electrons. The van der Waals surface area contributed by atoms with Gasteiger partial charge in [0.1, 0.15) is 11.9 Å². The largest absolute Gasteiger partial charge is 0.550 e. The van der Waals surface area contributed by atoms with Crippen molar-refractivity contribution in [2.24, 2.45) is 0 Å². The molecule has 0 amide bonds. The van der Waals surface area contributed by atoms with Crippen LogP contribution in [0.1, 0.15) is 104 Å². The summed E-state index contributed by atoms with van der Waals surface area (Å²) >= 11 is 0. The van der Waals surface area contributed by atoms with Gasteiger partial charge in [-0.1, -0.05) is 57.8 Å². The molecule has 7 heteroatoms. The number of ketones is 1. The van der Waals surface area contributed by atoms with Crippen LogP contribution in [0.4, 0.5) is 0 Å². The molecule has 0 aromatic rings. The summed E-state index contributed by atoms with van der Waals surface area (Å²) in [7, 11) is 0. The van der Waals surface area contributed by atoms with Crippen LogP contribution in [-0.2, 0) is 19.1 Å². The Kier molecular flexibility index (Phi) is 14.2. The highest BCUT2D eigenvalue weighted by Crippen LogP contribution is 2.23. The number of carbonyl (C=O) groups is 2. The predicted octanol–water partition coefficient (Wildman–Crippen LogP) is 2.64. The Balaban J connectivity index is 1.89. The number of aliphatic hydroxyl groups is 2. The van der Waals surface area contributed by atoms with Crippen LogP contribution in [0.3, 0.4) is 0 Å². The molecule has 0 unspecified atom stereocenters. The zero-order chi connectivity index (χ0) is 22.4. The van der Waals surface area contributed by atoms with Crippen molar-refractivity contribution in [2.45, 2.75) is 134 Å². The van der Waals surface area contributed by atoms with Gasteiger partial charge in [0.05, 0.1) is 18.3 Å². The number of rotatable bonds is 17. The summed E-state index contributed by atoms with van der Waals surface area (Å²) < 4.78 is 11.4. The third-order valence-corrected chi connectivity index (χ3v) is 5.71. The second kappa shape index (κ2) is 15.7. The fourth-order valence-corrected chi connectivity index (χ4v) is 3.78. The van der Waals surface area contributed by atoms with Crippen LogP contribution >= 0.6 is 0 Å². The summed E-state index contributed by atoms with van der Waals surface area (Å²) in [6.07, 6.45) is 9.87. The molecule has 2 N–H and O–H groups in total. The van der Waals surface area contributed by atoms with Crippen molar-refractivity contribution >= 4 is 11.8 Å². The van der Waals surface area contributed by atoms with Gasteiger partial charge in [0.2, 0.25) is 0 Å². The van der Waals surface area contributed by atoms with Crippen LogP contribution in [0.2, 0.25) is 0 Å². The SMILES string of the molecule is C[C@H](CCCCCCCCCCCCC(=O)CC(=O)[O-])O[C@@H]1O[C@@H](C)[C@H](O)C[C@H]1O. The number of carboxylic acid groups (broad SMARTS) is 1. The van der Waals surface area contributed by atoms with E-state index in [2.05, 4.69) is 0 Å². The Bertz CT molecular complexity index is 482. The Hall–Kier alpha value is -1.02. The molecule has 0 bridgehead atoms. The second-order valence-corrected chi connectivity index (χ2v) is 8.69. The molecular weight excluding hydrogens is 388 g/mol. The number of hydrogen-bond donors (Lipinski definition) is 2. The molecule has 30 heavy (non-hydrogen) atoms. The van der Waals surface area contributed by atoms with E-state index in [1.54, 1.807) is 6.92 Å². The maximum Gasteiger partial charge on any atom is 0.184 e. The summed E-state index contributed by atoms with van der Waals surface area (Å²) in [6, 6.07) is 0. The minimum atomic E-state index is -1.28. The first-order valence-electron chi connectivity index (χ1n) is 11.7. The minimum absolute atomic E-state index is 0.0192. The Morgan fingerprint density at radius 3 is 2.07 bits per heavy atom. The van der Waals surface area contributed by atoms with Crippen molar-refractivity contribution in [1.29, 1.82) is 0 Å². The van der Waals surface area contributed by atoms with Gasteiger partial charge < -0.3 is 29.6 Å². The van der Waals surface area contributed by atoms with Crippen LogP contribution in [0.5, 0.6) is 0 Å². The molecule has 1 saturated heterocycles. The highest BCUT2D eigenvalue weighted by Gasteiger charge is 2.35. The monoisotopic (exact) mass is 429 g/mol. The molecule has 0 aromatic carbocycles. The number of aliphatic hydroxyl groups excluding tert-OH is 2. The Morgan fingerprint density at radius 1 is 0.967 bits per heavy atom. The summed E-state index contributed by atoms with van der Waals surface area (Å²) in [5.41, 5.74) is 0. The highest BCUT2D eigenvalue weighted by atomic mass is 16.7. The molecule has 1 rings (SSSR count). The second-order valence-electron chi connectivity index (χ2n) is 8.69. The van der Waals surface area contributed by atoms with Crippen molar-refractivity contribution in [1.82, 2.24) is 0 Å². The summed E-state index contributed by atoms with van der Waals surface area (Å²) in [6.45, 7) is 3.79. The predicted molar refractivity (Wildman–Crippen MR) is 112 cm³/mol. The maximum atomic E-state index is 11.2. The average molecular weight is 430 g/mol. The third-order valence-electron chi connectivity index (χ3n) is 5.71. The summed E-state index contributed by atoms with van der Waals surface area (Å²) in [4.78, 5) is 21.5. The molecule has 0 aliphatic carbocycles. The number of carboxylic acids is 1. The lowest BCUT2D eigenvalue weighted by atomic mass is 10.0. The van der Waals surface area contributed by atoms with Gasteiger partial charge in [-0.15, -0.1) is 0 Å². The van der Waals surface area contributed by atoms with Crippen molar-refractivity contribution in [3.63, 3.8) is 0 Å². The van der Waals surface area contributed by atoms with Crippen molar-refractivity contribution in [3.8, 4) is 0 Å². The summed E-state index contributed by atoms with van der Waals surface area (Å²) in [5, 5.41) is 30.0. The molecule has 176 valence electrons. The van der Waals surface area contributed by atoms with Gasteiger partial charge in [-0.25, -0.2) is 0 Å². The minimum Gasteiger partial charge on any atom is -0.550 e. The molecule has 1 heterocycles. The number of ether oxygens (including phenoxy) is 2. The van der Waals surface area contributed by atoms with Gasteiger partial charge in [0, 0.05) is 25.2 Å². The first-order valence-corrected chi connectivity index (χ1v) is 11.7. The molecule has 1 aliphatic heterocycles. The van der Waals surface area contributed by atoms with E-state index in [4.69, 9.17) is 9.47 Å². The van der Waals surface area contributed by atoms with Gasteiger partial charge in [0.15, 0.2) is 6.29 Å². The first-order chi connectivity index (χ1) is 14.3. The van der Waals surface area contributed by atoms with Gasteiger partial charge in [-0.3, -0.25) is 4.79 Å². The van der Waals surface area contributed by atoms with Crippen LogP contribution in [-0.4, -0.2) is 52.7 Å². The fraction of sp³-hybridized carbons (Fsp3) is 0.913. The molecule has 0 saturated carbocycles. The Morgan fingerprint density at radius 2 is 1.50 bits per heavy atom. The highest BCUT2D eigenvalue weighted by molar-refractivity contribution is 5.93. The lowest BCUT2D eigenvalue weighted by Crippen LogP contribution is -2.48. The van der Waals surface area contributed by atoms with Crippen LogP contribution in [0, 0.1) is 0 Å². The number of hydrogen-bond acceptors (Lipinski definition) is 7. The number of carbonyl (C=O) groups excluding carboxylic acids is 2. The van der Waals surface area contributed by atoms with Crippen LogP contribution in [0.25, 0.3) is 0 Å². The smallest absolute Gasteiger partial charge is 0.184 e. The van der Waals surface area contributed by atoms with E-state index in [-0.39, 0.29) is 18.0 Å². The van der Waals surface area contributed by atoms with Gasteiger partial charge in [0.25, 0.3) is 0 Å². The fourth-order valence-electron chi connectivity index (χ4n) is 3.78. The van der Waals surface area contributed by atoms with E-state index in [0.717, 1.165) is 44.9 Å². The molecule has 5 atom stereocenters. The van der Waals surface area contributed by atoms with Crippen LogP contribution < -0.4 is 5.11 Å². The number of unbranched alkanes of at least 4 members (excludes halogenated alkanes) is 9. The lowest BCUT2D eigenvalue weighted by molar-refractivity contribution is -0.304. The topological polar surface area (TPSA) is 116 Å². The normalized spacial score (nSPS) is 25.2. The van der Waals surface area contributed by atoms with E-state index in [1.165, 1.54) is 25.7 Å². The number of aliphatic carboxylic acids is 1. The van der Waals surface area contributed by atoms with Crippen molar-refractivity contribution in [2.75, 3.05) is 0 Å². The van der Waals surface area contributed by atoms with Crippen molar-refractivity contribution in [3.05, 3.63) is 0 Å². The first kappa shape index (κ1) is 27.0. The quantitative estimate of drug-likeness (QED) is 0.270. The van der Waals surface area contributed by atoms with E-state index in [1.807, 2.05) is 6.92 Å². The molecule has 1 fully saturated rings. The standard InChI is InChI=1S/C23H42O7/c1-17(29-23-21(26)16-20(25)18(2)30-23)13-11-9-7-5-3-4-6-8-10-12-14-19(24)15-22(27)28/h17-18,20-21,23,25-26H,3-16H2,1-2H3,(H,27,28)/p-1/t17-,18+,20-,21-,23-/m1/s1. The number of Topliss-reactive ketones (excluding diaryl/α,β-unsaturated/α-hetero) is 1. The van der Waals surface area contributed by atoms with Gasteiger partial charge in [-0.05, 0) is 26.7 Å². The average Bonchev–Trinajstić information content (AvgIpc) is 2.66. The van der Waals surface area contributed by atoms with Gasteiger partial charge in [-0.2, -0.15) is 0 Å². The molecule has 1 aliphatic rings. The van der Waals surface area contributed by atoms with E-state index in [0.29, 0.717) is 12.8 Å². The molecule has 7 nitrogen and oxygen atoms in total. The van der Waals surface area contributed by atoms with Crippen LogP contribution in [0.15, 0.2) is 0 Å². The van der Waals surface area contributed by atoms with E-state index in [9.17, 15) is 24.9 Å².